The molecular formula is C13H13N3S. The Morgan fingerprint density at radius 2 is 2.12 bits per heavy atom. The van der Waals surface area contributed by atoms with Gasteiger partial charge in [0, 0.05) is 4.88 Å². The van der Waals surface area contributed by atoms with Crippen LogP contribution in [0.5, 0.6) is 0 Å². The van der Waals surface area contributed by atoms with Crippen molar-refractivity contribution in [1.82, 2.24) is 4.98 Å². The Hall–Kier alpha value is -1.86. The van der Waals surface area contributed by atoms with Crippen molar-refractivity contribution < 1.29 is 0 Å². The van der Waals surface area contributed by atoms with Crippen LogP contribution in [0.25, 0.3) is 0 Å². The Balaban J connectivity index is 2.10. The zero-order valence-corrected chi connectivity index (χ0v) is 10.6. The van der Waals surface area contributed by atoms with Crippen LogP contribution in [0.3, 0.4) is 0 Å². The highest BCUT2D eigenvalue weighted by Gasteiger charge is 2.04. The standard InChI is InChI=1S/C13H13N3S/c1-9-10(2)17-13(16-9)8-15-12-6-4-3-5-11(12)7-14/h3-6,15H,8H2,1-2H3. The summed E-state index contributed by atoms with van der Waals surface area (Å²) in [5.41, 5.74) is 2.61. The van der Waals surface area contributed by atoms with Gasteiger partial charge in [0.2, 0.25) is 0 Å². The monoisotopic (exact) mass is 243 g/mol. The number of aryl methyl sites for hydroxylation is 2. The molecule has 0 aliphatic carbocycles. The lowest BCUT2D eigenvalue weighted by molar-refractivity contribution is 1.07. The van der Waals surface area contributed by atoms with Crippen molar-refractivity contribution in [2.75, 3.05) is 5.32 Å². The zero-order valence-electron chi connectivity index (χ0n) is 9.82. The van der Waals surface area contributed by atoms with Crippen molar-refractivity contribution in [1.29, 1.82) is 5.26 Å². The second-order valence-electron chi connectivity index (χ2n) is 3.76. The highest BCUT2D eigenvalue weighted by Crippen LogP contribution is 2.19. The molecule has 0 unspecified atom stereocenters. The molecule has 0 aliphatic heterocycles. The first-order chi connectivity index (χ1) is 8.20. The summed E-state index contributed by atoms with van der Waals surface area (Å²) in [6.07, 6.45) is 0. The van der Waals surface area contributed by atoms with Crippen molar-refractivity contribution >= 4 is 17.0 Å². The number of hydrogen-bond donors (Lipinski definition) is 1. The van der Waals surface area contributed by atoms with Crippen molar-refractivity contribution in [3.8, 4) is 6.07 Å². The summed E-state index contributed by atoms with van der Waals surface area (Å²) in [6, 6.07) is 9.66. The molecular weight excluding hydrogens is 230 g/mol. The molecule has 17 heavy (non-hydrogen) atoms. The number of nitrogens with zero attached hydrogens (tertiary/aromatic N) is 2. The third-order valence-electron chi connectivity index (χ3n) is 2.55. The first kappa shape index (κ1) is 11.6. The molecule has 0 saturated heterocycles. The zero-order chi connectivity index (χ0) is 12.3. The summed E-state index contributed by atoms with van der Waals surface area (Å²) in [6.45, 7) is 4.75. The number of hydrogen-bond acceptors (Lipinski definition) is 4. The molecule has 0 spiro atoms. The SMILES string of the molecule is Cc1nc(CNc2ccccc2C#N)sc1C. The van der Waals surface area contributed by atoms with E-state index in [9.17, 15) is 0 Å². The molecule has 1 heterocycles. The van der Waals surface area contributed by atoms with E-state index in [2.05, 4.69) is 23.3 Å². The van der Waals surface area contributed by atoms with Crippen LogP contribution in [-0.2, 0) is 6.54 Å². The van der Waals surface area contributed by atoms with Gasteiger partial charge in [-0.1, -0.05) is 12.1 Å². The van der Waals surface area contributed by atoms with E-state index in [-0.39, 0.29) is 0 Å². The van der Waals surface area contributed by atoms with E-state index in [1.54, 1.807) is 17.4 Å². The van der Waals surface area contributed by atoms with Gasteiger partial charge in [-0.2, -0.15) is 5.26 Å². The van der Waals surface area contributed by atoms with Gasteiger partial charge in [-0.25, -0.2) is 4.98 Å². The Kier molecular flexibility index (Phi) is 3.40. The Bertz CT molecular complexity index is 547. The summed E-state index contributed by atoms with van der Waals surface area (Å²) in [5.74, 6) is 0. The summed E-state index contributed by atoms with van der Waals surface area (Å²) in [7, 11) is 0. The van der Waals surface area contributed by atoms with Crippen LogP contribution in [-0.4, -0.2) is 4.98 Å². The fraction of sp³-hybridized carbons (Fsp3) is 0.231. The molecule has 2 aromatic rings. The topological polar surface area (TPSA) is 48.7 Å². The number of nitriles is 1. The van der Waals surface area contributed by atoms with Gasteiger partial charge >= 0.3 is 0 Å². The van der Waals surface area contributed by atoms with Gasteiger partial charge in [0.05, 0.1) is 23.5 Å². The van der Waals surface area contributed by atoms with Gasteiger partial charge in [-0.3, -0.25) is 0 Å². The third kappa shape index (κ3) is 2.63. The summed E-state index contributed by atoms with van der Waals surface area (Å²) in [4.78, 5) is 5.70. The van der Waals surface area contributed by atoms with E-state index < -0.39 is 0 Å². The quantitative estimate of drug-likeness (QED) is 0.900. The molecule has 1 aromatic heterocycles. The summed E-state index contributed by atoms with van der Waals surface area (Å²) >= 11 is 1.69. The van der Waals surface area contributed by atoms with E-state index in [1.165, 1.54) is 4.88 Å². The predicted octanol–water partition coefficient (Wildman–Crippen LogP) is 3.24. The number of benzene rings is 1. The number of aromatic nitrogens is 1. The van der Waals surface area contributed by atoms with E-state index in [0.717, 1.165) is 16.4 Å². The first-order valence-corrected chi connectivity index (χ1v) is 6.18. The molecule has 0 saturated carbocycles. The van der Waals surface area contributed by atoms with Crippen molar-refractivity contribution in [2.45, 2.75) is 20.4 Å². The van der Waals surface area contributed by atoms with Gasteiger partial charge < -0.3 is 5.32 Å². The minimum absolute atomic E-state index is 0.664. The second-order valence-corrected chi connectivity index (χ2v) is 5.05. The minimum Gasteiger partial charge on any atom is -0.377 e. The van der Waals surface area contributed by atoms with E-state index in [0.29, 0.717) is 12.1 Å². The van der Waals surface area contributed by atoms with Crippen LogP contribution >= 0.6 is 11.3 Å². The number of para-hydroxylation sites is 1. The molecule has 0 atom stereocenters. The minimum atomic E-state index is 0.664. The van der Waals surface area contributed by atoms with Crippen LogP contribution in [0.2, 0.25) is 0 Å². The van der Waals surface area contributed by atoms with E-state index in [1.807, 2.05) is 25.1 Å². The average Bonchev–Trinajstić information content (AvgIpc) is 2.66. The molecule has 1 aromatic carbocycles. The van der Waals surface area contributed by atoms with Crippen molar-refractivity contribution in [3.63, 3.8) is 0 Å². The fourth-order valence-corrected chi connectivity index (χ4v) is 2.39. The van der Waals surface area contributed by atoms with Gasteiger partial charge in [0.1, 0.15) is 11.1 Å². The van der Waals surface area contributed by atoms with Crippen LogP contribution < -0.4 is 5.32 Å². The number of anilines is 1. The number of thiazole rings is 1. The fourth-order valence-electron chi connectivity index (χ4n) is 1.52. The second kappa shape index (κ2) is 4.98. The molecule has 0 radical (unpaired) electrons. The highest BCUT2D eigenvalue weighted by atomic mass is 32.1. The molecule has 2 rings (SSSR count). The molecule has 4 heteroatoms. The molecule has 3 nitrogen and oxygen atoms in total. The maximum absolute atomic E-state index is 8.96. The lowest BCUT2D eigenvalue weighted by atomic mass is 10.2. The molecule has 0 aliphatic rings. The normalized spacial score (nSPS) is 9.94. The maximum Gasteiger partial charge on any atom is 0.112 e. The van der Waals surface area contributed by atoms with Gasteiger partial charge in [0.15, 0.2) is 0 Å². The number of rotatable bonds is 3. The predicted molar refractivity (Wildman–Crippen MR) is 70.1 cm³/mol. The maximum atomic E-state index is 8.96. The lowest BCUT2D eigenvalue weighted by Gasteiger charge is -2.05. The summed E-state index contributed by atoms with van der Waals surface area (Å²) in [5, 5.41) is 13.3. The van der Waals surface area contributed by atoms with Crippen LogP contribution in [0.1, 0.15) is 21.1 Å². The molecule has 86 valence electrons. The lowest BCUT2D eigenvalue weighted by Crippen LogP contribution is -2.00. The van der Waals surface area contributed by atoms with Gasteiger partial charge in [-0.15, -0.1) is 11.3 Å². The van der Waals surface area contributed by atoms with Crippen LogP contribution in [0.15, 0.2) is 24.3 Å². The molecule has 1 N–H and O–H groups in total. The molecule has 0 amide bonds. The van der Waals surface area contributed by atoms with Crippen LogP contribution in [0, 0.1) is 25.2 Å². The Labute approximate surface area is 105 Å². The van der Waals surface area contributed by atoms with E-state index >= 15 is 0 Å². The molecule has 0 bridgehead atoms. The van der Waals surface area contributed by atoms with Crippen molar-refractivity contribution in [3.05, 3.63) is 45.4 Å². The van der Waals surface area contributed by atoms with Crippen LogP contribution in [0.4, 0.5) is 5.69 Å². The van der Waals surface area contributed by atoms with Crippen molar-refractivity contribution in [2.24, 2.45) is 0 Å². The number of nitrogens with one attached hydrogen (secondary N) is 1. The highest BCUT2D eigenvalue weighted by molar-refractivity contribution is 7.11. The van der Waals surface area contributed by atoms with Gasteiger partial charge in [-0.05, 0) is 26.0 Å². The Morgan fingerprint density at radius 3 is 2.76 bits per heavy atom. The van der Waals surface area contributed by atoms with Gasteiger partial charge in [0.25, 0.3) is 0 Å². The smallest absolute Gasteiger partial charge is 0.112 e. The average molecular weight is 243 g/mol. The van der Waals surface area contributed by atoms with E-state index in [4.69, 9.17) is 5.26 Å². The first-order valence-electron chi connectivity index (χ1n) is 5.36. The Morgan fingerprint density at radius 1 is 1.35 bits per heavy atom. The molecule has 0 fully saturated rings. The largest absolute Gasteiger partial charge is 0.377 e. The summed E-state index contributed by atoms with van der Waals surface area (Å²) < 4.78 is 0. The third-order valence-corrected chi connectivity index (χ3v) is 3.62.